The van der Waals surface area contributed by atoms with Crippen LogP contribution in [0.2, 0.25) is 0 Å². The predicted octanol–water partition coefficient (Wildman–Crippen LogP) is 3.88. The first-order valence-corrected chi connectivity index (χ1v) is 10.6. The van der Waals surface area contributed by atoms with Gasteiger partial charge in [-0.3, -0.25) is 9.36 Å². The van der Waals surface area contributed by atoms with Gasteiger partial charge in [0.25, 0.3) is 0 Å². The van der Waals surface area contributed by atoms with Gasteiger partial charge in [0.2, 0.25) is 0 Å². The fraction of sp³-hybridized carbons (Fsp3) is 0.550. The maximum Gasteiger partial charge on any atom is 0.319 e. The van der Waals surface area contributed by atoms with Crippen molar-refractivity contribution in [2.75, 3.05) is 20.8 Å². The minimum Gasteiger partial charge on any atom is -0.493 e. The molecule has 0 spiro atoms. The van der Waals surface area contributed by atoms with Gasteiger partial charge in [-0.1, -0.05) is 31.0 Å². The zero-order chi connectivity index (χ0) is 19.5. The van der Waals surface area contributed by atoms with E-state index in [0.717, 1.165) is 29.4 Å². The maximum atomic E-state index is 12.0. The zero-order valence-electron chi connectivity index (χ0n) is 16.2. The van der Waals surface area contributed by atoms with Crippen LogP contribution in [-0.4, -0.2) is 46.8 Å². The number of nitrogens with zero attached hydrogens (tertiary/aromatic N) is 3. The predicted molar refractivity (Wildman–Crippen MR) is 106 cm³/mol. The van der Waals surface area contributed by atoms with Gasteiger partial charge in [0.15, 0.2) is 22.5 Å². The molecular formula is C20H25N3O4S. The molecule has 2 aliphatic rings. The molecule has 2 aromatic rings. The van der Waals surface area contributed by atoms with Crippen molar-refractivity contribution in [1.29, 1.82) is 0 Å². The number of methoxy groups -OCH3 is 2. The average Bonchev–Trinajstić information content (AvgIpc) is 3.34. The summed E-state index contributed by atoms with van der Waals surface area (Å²) in [5, 5.41) is 9.55. The summed E-state index contributed by atoms with van der Waals surface area (Å²) in [6.07, 6.45) is 6.57. The summed E-state index contributed by atoms with van der Waals surface area (Å²) < 4.78 is 18.2. The van der Waals surface area contributed by atoms with Crippen LogP contribution >= 0.6 is 11.8 Å². The van der Waals surface area contributed by atoms with E-state index in [1.807, 2.05) is 18.2 Å². The lowest BCUT2D eigenvalue weighted by molar-refractivity contribution is -0.137. The number of hydrogen-bond donors (Lipinski definition) is 0. The molecule has 1 aromatic heterocycles. The van der Waals surface area contributed by atoms with Crippen LogP contribution < -0.4 is 9.47 Å². The van der Waals surface area contributed by atoms with E-state index in [9.17, 15) is 4.79 Å². The molecule has 8 heteroatoms. The molecule has 28 heavy (non-hydrogen) atoms. The van der Waals surface area contributed by atoms with Gasteiger partial charge < -0.3 is 14.2 Å². The summed E-state index contributed by atoms with van der Waals surface area (Å²) in [5.41, 5.74) is 0.927. The standard InChI is InChI=1S/C20H25N3O4S/c1-25-15-9-8-13(12-16(15)26-2)18-21-22-20(28-17-10-11-27-19(17)24)23(18)14-6-4-3-5-7-14/h8-9,12,14,17H,3-7,10-11H2,1-2H3/t17-/m1/s1. The first kappa shape index (κ1) is 19.1. The van der Waals surface area contributed by atoms with E-state index in [1.165, 1.54) is 31.0 Å². The van der Waals surface area contributed by atoms with Crippen LogP contribution in [0.3, 0.4) is 0 Å². The quantitative estimate of drug-likeness (QED) is 0.678. The lowest BCUT2D eigenvalue weighted by Gasteiger charge is -2.26. The molecule has 2 heterocycles. The molecule has 1 saturated carbocycles. The fourth-order valence-corrected chi connectivity index (χ4v) is 4.98. The van der Waals surface area contributed by atoms with E-state index in [0.29, 0.717) is 30.6 Å². The van der Waals surface area contributed by atoms with Crippen LogP contribution in [0, 0.1) is 0 Å². The van der Waals surface area contributed by atoms with Crippen molar-refractivity contribution in [2.24, 2.45) is 0 Å². The van der Waals surface area contributed by atoms with Crippen molar-refractivity contribution in [3.8, 4) is 22.9 Å². The highest BCUT2D eigenvalue weighted by molar-refractivity contribution is 8.00. The number of cyclic esters (lactones) is 1. The van der Waals surface area contributed by atoms with Gasteiger partial charge in [0, 0.05) is 18.0 Å². The molecule has 1 aliphatic carbocycles. The molecule has 2 fully saturated rings. The van der Waals surface area contributed by atoms with Crippen LogP contribution in [0.5, 0.6) is 11.5 Å². The van der Waals surface area contributed by atoms with E-state index in [-0.39, 0.29) is 11.2 Å². The van der Waals surface area contributed by atoms with Gasteiger partial charge >= 0.3 is 5.97 Å². The lowest BCUT2D eigenvalue weighted by atomic mass is 9.95. The molecule has 1 aliphatic heterocycles. The van der Waals surface area contributed by atoms with Crippen LogP contribution in [0.25, 0.3) is 11.4 Å². The largest absolute Gasteiger partial charge is 0.493 e. The number of ether oxygens (including phenoxy) is 3. The van der Waals surface area contributed by atoms with Crippen molar-refractivity contribution in [2.45, 2.75) is 55.0 Å². The van der Waals surface area contributed by atoms with Crippen molar-refractivity contribution in [3.05, 3.63) is 18.2 Å². The van der Waals surface area contributed by atoms with Crippen LogP contribution in [0.1, 0.15) is 44.6 Å². The highest BCUT2D eigenvalue weighted by Gasteiger charge is 2.32. The number of benzene rings is 1. The van der Waals surface area contributed by atoms with Crippen molar-refractivity contribution in [3.63, 3.8) is 0 Å². The molecular weight excluding hydrogens is 378 g/mol. The summed E-state index contributed by atoms with van der Waals surface area (Å²) >= 11 is 1.47. The number of hydrogen-bond acceptors (Lipinski definition) is 7. The van der Waals surface area contributed by atoms with E-state index in [1.54, 1.807) is 14.2 Å². The van der Waals surface area contributed by atoms with Gasteiger partial charge in [-0.2, -0.15) is 0 Å². The van der Waals surface area contributed by atoms with Gasteiger partial charge in [-0.15, -0.1) is 10.2 Å². The van der Waals surface area contributed by atoms with Crippen molar-refractivity contribution in [1.82, 2.24) is 14.8 Å². The number of carbonyl (C=O) groups excluding carboxylic acids is 1. The third-order valence-electron chi connectivity index (χ3n) is 5.38. The molecule has 0 unspecified atom stereocenters. The Morgan fingerprint density at radius 1 is 1.07 bits per heavy atom. The van der Waals surface area contributed by atoms with Crippen molar-refractivity contribution < 1.29 is 19.0 Å². The molecule has 4 rings (SSSR count). The van der Waals surface area contributed by atoms with Gasteiger partial charge in [-0.25, -0.2) is 0 Å². The number of carbonyl (C=O) groups is 1. The summed E-state index contributed by atoms with van der Waals surface area (Å²) in [6, 6.07) is 6.13. The Morgan fingerprint density at radius 2 is 1.86 bits per heavy atom. The third-order valence-corrected chi connectivity index (χ3v) is 6.58. The molecule has 1 saturated heterocycles. The topological polar surface area (TPSA) is 75.5 Å². The summed E-state index contributed by atoms with van der Waals surface area (Å²) in [6.45, 7) is 0.483. The second-order valence-electron chi connectivity index (χ2n) is 7.10. The molecule has 1 atom stereocenters. The van der Waals surface area contributed by atoms with Crippen LogP contribution in [0.15, 0.2) is 23.4 Å². The molecule has 0 N–H and O–H groups in total. The SMILES string of the molecule is COc1ccc(-c2nnc(S[C@@H]3CCOC3=O)n2C2CCCCC2)cc1OC. The Hall–Kier alpha value is -2.22. The minimum absolute atomic E-state index is 0.157. The number of rotatable bonds is 6. The fourth-order valence-electron chi connectivity index (χ4n) is 3.91. The third kappa shape index (κ3) is 3.70. The highest BCUT2D eigenvalue weighted by atomic mass is 32.2. The van der Waals surface area contributed by atoms with Gasteiger partial charge in [0.1, 0.15) is 5.25 Å². The van der Waals surface area contributed by atoms with E-state index >= 15 is 0 Å². The molecule has 0 bridgehead atoms. The molecule has 1 aromatic carbocycles. The van der Waals surface area contributed by atoms with Gasteiger partial charge in [0.05, 0.1) is 20.8 Å². The second kappa shape index (κ2) is 8.43. The Balaban J connectivity index is 1.73. The van der Waals surface area contributed by atoms with Crippen LogP contribution in [0.4, 0.5) is 0 Å². The number of aromatic nitrogens is 3. The smallest absolute Gasteiger partial charge is 0.319 e. The maximum absolute atomic E-state index is 12.0. The number of esters is 1. The Kier molecular flexibility index (Phi) is 5.75. The highest BCUT2D eigenvalue weighted by Crippen LogP contribution is 2.39. The molecule has 7 nitrogen and oxygen atoms in total. The first-order valence-electron chi connectivity index (χ1n) is 9.72. The zero-order valence-corrected chi connectivity index (χ0v) is 17.0. The van der Waals surface area contributed by atoms with E-state index in [4.69, 9.17) is 14.2 Å². The minimum atomic E-state index is -0.204. The Bertz CT molecular complexity index is 848. The molecule has 150 valence electrons. The molecule has 0 amide bonds. The summed E-state index contributed by atoms with van der Waals surface area (Å²) in [5.74, 6) is 1.99. The lowest BCUT2D eigenvalue weighted by Crippen LogP contribution is -2.17. The van der Waals surface area contributed by atoms with Crippen molar-refractivity contribution >= 4 is 17.7 Å². The Morgan fingerprint density at radius 3 is 2.54 bits per heavy atom. The van der Waals surface area contributed by atoms with Gasteiger partial charge in [-0.05, 0) is 31.0 Å². The van der Waals surface area contributed by atoms with Crippen LogP contribution in [-0.2, 0) is 9.53 Å². The monoisotopic (exact) mass is 403 g/mol. The Labute approximate surface area is 168 Å². The number of thioether (sulfide) groups is 1. The average molecular weight is 404 g/mol. The normalized spacial score (nSPS) is 20.2. The van der Waals surface area contributed by atoms with E-state index < -0.39 is 0 Å². The summed E-state index contributed by atoms with van der Waals surface area (Å²) in [7, 11) is 3.25. The first-order chi connectivity index (χ1) is 13.7. The van der Waals surface area contributed by atoms with E-state index in [2.05, 4.69) is 14.8 Å². The summed E-state index contributed by atoms with van der Waals surface area (Å²) in [4.78, 5) is 12.0. The second-order valence-corrected chi connectivity index (χ2v) is 8.27. The molecule has 0 radical (unpaired) electrons.